The fraction of sp³-hybridized carbons (Fsp3) is 0.643. The highest BCUT2D eigenvalue weighted by molar-refractivity contribution is 7.99. The average Bonchev–Trinajstić information content (AvgIpc) is 2.59. The molecule has 10 nitrogen and oxygen atoms in total. The van der Waals surface area contributed by atoms with E-state index >= 15 is 0 Å². The Morgan fingerprint density at radius 2 is 1.77 bits per heavy atom. The van der Waals surface area contributed by atoms with Crippen molar-refractivity contribution in [2.75, 3.05) is 23.9 Å². The molecule has 0 spiro atoms. The number of nitrogens with one attached hydrogen (secondary N) is 2. The minimum Gasteiger partial charge on any atom is -0.480 e. The number of halogens is 1. The van der Waals surface area contributed by atoms with Gasteiger partial charge in [0.25, 0.3) is 0 Å². The van der Waals surface area contributed by atoms with Crippen LogP contribution in [-0.4, -0.2) is 75.8 Å². The molecule has 148 valence electrons. The maximum absolute atomic E-state index is 12.0. The van der Waals surface area contributed by atoms with Crippen LogP contribution >= 0.6 is 23.4 Å². The SMILES string of the molecule is NC(CCC(=O)NC(CSCCC(=O)CCl)C(=O)NCC(=O)O)C(=O)O. The van der Waals surface area contributed by atoms with Crippen molar-refractivity contribution in [2.45, 2.75) is 31.3 Å². The number of ketones is 1. The first kappa shape index (κ1) is 24.1. The molecule has 0 heterocycles. The Hall–Kier alpha value is -1.85. The second-order valence-corrected chi connectivity index (χ2v) is 6.63. The summed E-state index contributed by atoms with van der Waals surface area (Å²) in [7, 11) is 0. The third-order valence-corrected chi connectivity index (χ3v) is 4.38. The fourth-order valence-corrected chi connectivity index (χ4v) is 2.74. The summed E-state index contributed by atoms with van der Waals surface area (Å²) in [5.74, 6) is -3.54. The van der Waals surface area contributed by atoms with E-state index in [1.54, 1.807) is 0 Å². The van der Waals surface area contributed by atoms with E-state index in [9.17, 15) is 24.0 Å². The van der Waals surface area contributed by atoms with Gasteiger partial charge in [0, 0.05) is 24.3 Å². The van der Waals surface area contributed by atoms with Crippen molar-refractivity contribution >= 4 is 52.9 Å². The number of alkyl halides is 1. The molecule has 0 aromatic carbocycles. The van der Waals surface area contributed by atoms with Crippen LogP contribution in [0.25, 0.3) is 0 Å². The Balaban J connectivity index is 4.57. The van der Waals surface area contributed by atoms with E-state index in [4.69, 9.17) is 27.5 Å². The molecule has 0 bridgehead atoms. The van der Waals surface area contributed by atoms with Crippen LogP contribution in [0.15, 0.2) is 0 Å². The van der Waals surface area contributed by atoms with Crippen molar-refractivity contribution in [2.24, 2.45) is 5.73 Å². The summed E-state index contributed by atoms with van der Waals surface area (Å²) >= 11 is 6.60. The van der Waals surface area contributed by atoms with Crippen LogP contribution in [0.5, 0.6) is 0 Å². The molecule has 0 aliphatic rings. The highest BCUT2D eigenvalue weighted by atomic mass is 35.5. The van der Waals surface area contributed by atoms with E-state index in [0.717, 1.165) is 0 Å². The van der Waals surface area contributed by atoms with Crippen LogP contribution in [0.3, 0.4) is 0 Å². The predicted octanol–water partition coefficient (Wildman–Crippen LogP) is -1.20. The number of hydrogen-bond acceptors (Lipinski definition) is 7. The Morgan fingerprint density at radius 3 is 2.31 bits per heavy atom. The quantitative estimate of drug-likeness (QED) is 0.173. The number of thioether (sulfide) groups is 1. The van der Waals surface area contributed by atoms with E-state index < -0.39 is 42.4 Å². The Bertz CT molecular complexity index is 533. The molecule has 0 aliphatic heterocycles. The van der Waals surface area contributed by atoms with Crippen LogP contribution in [0.2, 0.25) is 0 Å². The molecular weight excluding hydrogens is 390 g/mol. The summed E-state index contributed by atoms with van der Waals surface area (Å²) in [5, 5.41) is 21.8. The van der Waals surface area contributed by atoms with Crippen molar-refractivity contribution in [1.29, 1.82) is 0 Å². The highest BCUT2D eigenvalue weighted by Crippen LogP contribution is 2.07. The molecule has 0 fully saturated rings. The van der Waals surface area contributed by atoms with Crippen LogP contribution in [0.1, 0.15) is 19.3 Å². The number of aliphatic carboxylic acids is 2. The van der Waals surface area contributed by atoms with Gasteiger partial charge < -0.3 is 26.6 Å². The third kappa shape index (κ3) is 11.7. The number of rotatable bonds is 14. The molecule has 0 saturated carbocycles. The van der Waals surface area contributed by atoms with E-state index in [2.05, 4.69) is 10.6 Å². The number of carbonyl (C=O) groups is 5. The van der Waals surface area contributed by atoms with Crippen molar-refractivity contribution in [3.63, 3.8) is 0 Å². The van der Waals surface area contributed by atoms with Crippen LogP contribution in [0.4, 0.5) is 0 Å². The number of carboxylic acid groups (broad SMARTS) is 2. The lowest BCUT2D eigenvalue weighted by Gasteiger charge is -2.18. The molecule has 0 rings (SSSR count). The Kier molecular flexibility index (Phi) is 12.4. The zero-order chi connectivity index (χ0) is 20.1. The maximum Gasteiger partial charge on any atom is 0.322 e. The second-order valence-electron chi connectivity index (χ2n) is 5.21. The standard InChI is InChI=1S/C14H22ClN3O7S/c15-5-8(19)3-4-26-7-10(13(23)17-6-12(21)22)18-11(20)2-1-9(16)14(24)25/h9-10H,1-7,16H2,(H,17,23)(H,18,20)(H,21,22)(H,24,25). The van der Waals surface area contributed by atoms with Gasteiger partial charge in [-0.05, 0) is 6.42 Å². The number of nitrogens with two attached hydrogens (primary N) is 1. The molecule has 6 N–H and O–H groups in total. The van der Waals surface area contributed by atoms with Gasteiger partial charge in [0.2, 0.25) is 11.8 Å². The Labute approximate surface area is 159 Å². The normalized spacial score (nSPS) is 12.7. The van der Waals surface area contributed by atoms with Crippen molar-refractivity contribution < 1.29 is 34.2 Å². The van der Waals surface area contributed by atoms with Crippen molar-refractivity contribution in [3.8, 4) is 0 Å². The lowest BCUT2D eigenvalue weighted by atomic mass is 10.1. The molecule has 2 amide bonds. The molecule has 2 unspecified atom stereocenters. The summed E-state index contributed by atoms with van der Waals surface area (Å²) in [6, 6.07) is -2.23. The summed E-state index contributed by atoms with van der Waals surface area (Å²) in [6.07, 6.45) is -0.105. The van der Waals surface area contributed by atoms with Gasteiger partial charge in [-0.15, -0.1) is 11.6 Å². The highest BCUT2D eigenvalue weighted by Gasteiger charge is 2.22. The lowest BCUT2D eigenvalue weighted by molar-refractivity contribution is -0.139. The molecule has 26 heavy (non-hydrogen) atoms. The smallest absolute Gasteiger partial charge is 0.322 e. The van der Waals surface area contributed by atoms with Crippen LogP contribution < -0.4 is 16.4 Å². The van der Waals surface area contributed by atoms with Gasteiger partial charge in [-0.2, -0.15) is 11.8 Å². The van der Waals surface area contributed by atoms with Crippen molar-refractivity contribution in [3.05, 3.63) is 0 Å². The first-order chi connectivity index (χ1) is 12.2. The molecule has 2 atom stereocenters. The fourth-order valence-electron chi connectivity index (χ4n) is 1.60. The zero-order valence-corrected chi connectivity index (χ0v) is 15.5. The number of Topliss-reactive ketones (excluding diaryl/α,β-unsaturated/α-hetero) is 1. The number of amides is 2. The summed E-state index contributed by atoms with van der Waals surface area (Å²) in [6.45, 7) is -0.607. The van der Waals surface area contributed by atoms with Crippen LogP contribution in [0, 0.1) is 0 Å². The molecular formula is C14H22ClN3O7S. The van der Waals surface area contributed by atoms with Gasteiger partial charge in [-0.3, -0.25) is 24.0 Å². The lowest BCUT2D eigenvalue weighted by Crippen LogP contribution is -2.49. The monoisotopic (exact) mass is 411 g/mol. The molecule has 0 radical (unpaired) electrons. The molecule has 0 aliphatic carbocycles. The maximum atomic E-state index is 12.0. The van der Waals surface area contributed by atoms with E-state index in [0.29, 0.717) is 5.75 Å². The third-order valence-electron chi connectivity index (χ3n) is 3.02. The average molecular weight is 412 g/mol. The topological polar surface area (TPSA) is 176 Å². The number of carboxylic acids is 2. The van der Waals surface area contributed by atoms with Gasteiger partial charge in [0.05, 0.1) is 5.88 Å². The minimum atomic E-state index is -1.24. The largest absolute Gasteiger partial charge is 0.480 e. The zero-order valence-electron chi connectivity index (χ0n) is 13.9. The number of hydrogen-bond donors (Lipinski definition) is 5. The van der Waals surface area contributed by atoms with Gasteiger partial charge >= 0.3 is 11.9 Å². The summed E-state index contributed by atoms with van der Waals surface area (Å²) in [4.78, 5) is 56.2. The van der Waals surface area contributed by atoms with Gasteiger partial charge in [0.15, 0.2) is 0 Å². The van der Waals surface area contributed by atoms with E-state index in [-0.39, 0.29) is 36.7 Å². The van der Waals surface area contributed by atoms with Crippen LogP contribution in [-0.2, 0) is 24.0 Å². The van der Waals surface area contributed by atoms with Gasteiger partial charge in [-0.25, -0.2) is 0 Å². The first-order valence-electron chi connectivity index (χ1n) is 7.60. The molecule has 0 saturated heterocycles. The van der Waals surface area contributed by atoms with Gasteiger partial charge in [-0.1, -0.05) is 0 Å². The number of carbonyl (C=O) groups excluding carboxylic acids is 3. The second kappa shape index (κ2) is 13.4. The molecule has 12 heteroatoms. The van der Waals surface area contributed by atoms with Crippen molar-refractivity contribution in [1.82, 2.24) is 10.6 Å². The first-order valence-corrected chi connectivity index (χ1v) is 9.29. The van der Waals surface area contributed by atoms with Gasteiger partial charge in [0.1, 0.15) is 24.4 Å². The Morgan fingerprint density at radius 1 is 1.12 bits per heavy atom. The molecule has 0 aromatic rings. The summed E-state index contributed by atoms with van der Waals surface area (Å²) in [5.41, 5.74) is 5.31. The summed E-state index contributed by atoms with van der Waals surface area (Å²) < 4.78 is 0. The molecule has 0 aromatic heterocycles. The predicted molar refractivity (Wildman–Crippen MR) is 95.1 cm³/mol. The minimum absolute atomic E-state index is 0.107. The van der Waals surface area contributed by atoms with E-state index in [1.165, 1.54) is 11.8 Å². The van der Waals surface area contributed by atoms with E-state index in [1.807, 2.05) is 0 Å².